The molecule has 2 N–H and O–H groups in total. The first-order valence-electron chi connectivity index (χ1n) is 5.12. The van der Waals surface area contributed by atoms with Crippen LogP contribution in [0, 0.1) is 11.7 Å². The normalized spacial score (nSPS) is 15.1. The van der Waals surface area contributed by atoms with Crippen LogP contribution in [-0.4, -0.2) is 16.2 Å². The minimum Gasteiger partial charge on any atom is -0.320 e. The molecule has 0 radical (unpaired) electrons. The number of thiophene rings is 1. The third kappa shape index (κ3) is 4.53. The zero-order valence-electron chi connectivity index (χ0n) is 9.59. The number of hydrogen-bond acceptors (Lipinski definition) is 4. The Morgan fingerprint density at radius 1 is 1.65 bits per heavy atom. The molecule has 2 atom stereocenters. The molecular weight excluding hydrogens is 263 g/mol. The first-order chi connectivity index (χ1) is 7.90. The van der Waals surface area contributed by atoms with Gasteiger partial charge < -0.3 is 5.73 Å². The summed E-state index contributed by atoms with van der Waals surface area (Å²) in [6.07, 6.45) is 0.490. The van der Waals surface area contributed by atoms with E-state index in [1.54, 1.807) is 0 Å². The van der Waals surface area contributed by atoms with Gasteiger partial charge in [0.1, 0.15) is 10.0 Å². The average Bonchev–Trinajstić information content (AvgIpc) is 2.63. The van der Waals surface area contributed by atoms with Gasteiger partial charge in [-0.05, 0) is 12.3 Å². The summed E-state index contributed by atoms with van der Waals surface area (Å²) in [5.74, 6) is -0.794. The summed E-state index contributed by atoms with van der Waals surface area (Å²) in [5, 5.41) is 1.22. The van der Waals surface area contributed by atoms with E-state index in [2.05, 4.69) is 4.36 Å². The van der Waals surface area contributed by atoms with Gasteiger partial charge in [0.05, 0.1) is 16.6 Å². The lowest BCUT2D eigenvalue weighted by atomic mass is 10.0. The Balaban J connectivity index is 2.75. The van der Waals surface area contributed by atoms with Crippen molar-refractivity contribution >= 4 is 27.8 Å². The highest BCUT2D eigenvalue weighted by Crippen LogP contribution is 2.15. The molecule has 0 spiro atoms. The van der Waals surface area contributed by atoms with Crippen LogP contribution < -0.4 is 5.73 Å². The Kier molecular flexibility index (Phi) is 5.23. The van der Waals surface area contributed by atoms with Crippen molar-refractivity contribution in [2.24, 2.45) is 16.0 Å². The number of nitrogens with zero attached hydrogens (tertiary/aromatic N) is 1. The molecule has 1 heterocycles. The minimum absolute atomic E-state index is 0.252. The zero-order chi connectivity index (χ0) is 13.0. The van der Waals surface area contributed by atoms with E-state index in [4.69, 9.17) is 5.73 Å². The summed E-state index contributed by atoms with van der Waals surface area (Å²) in [7, 11) is -2.23. The zero-order valence-corrected chi connectivity index (χ0v) is 11.3. The van der Waals surface area contributed by atoms with Gasteiger partial charge in [-0.1, -0.05) is 13.8 Å². The fourth-order valence-corrected chi connectivity index (χ4v) is 3.01. The fourth-order valence-electron chi connectivity index (χ4n) is 1.22. The van der Waals surface area contributed by atoms with Crippen molar-refractivity contribution in [3.8, 4) is 0 Å². The maximum Gasteiger partial charge on any atom is 0.270 e. The van der Waals surface area contributed by atoms with Crippen LogP contribution in [-0.2, 0) is 15.4 Å². The molecule has 0 fully saturated rings. The van der Waals surface area contributed by atoms with Crippen molar-refractivity contribution in [1.82, 2.24) is 0 Å². The van der Waals surface area contributed by atoms with E-state index in [9.17, 15) is 13.4 Å². The number of carbonyl (C=O) groups is 1. The summed E-state index contributed by atoms with van der Waals surface area (Å²) >= 11 is 0.980. The van der Waals surface area contributed by atoms with Crippen LogP contribution in [0.5, 0.6) is 0 Å². The number of rotatable bonds is 4. The molecule has 0 saturated heterocycles. The Hall–Kier alpha value is -0.790. The molecule has 0 aliphatic heterocycles. The SMILES string of the molecule is CC(C)C[C@H](N)C(=O)/N=[SH](=O)/c1cc(F)cs1. The highest BCUT2D eigenvalue weighted by atomic mass is 32.2. The third-order valence-electron chi connectivity index (χ3n) is 1.97. The molecule has 1 aromatic heterocycles. The van der Waals surface area contributed by atoms with E-state index in [0.29, 0.717) is 6.42 Å². The molecule has 0 aliphatic carbocycles. The van der Waals surface area contributed by atoms with Crippen LogP contribution in [0.25, 0.3) is 0 Å². The predicted octanol–water partition coefficient (Wildman–Crippen LogP) is 1.81. The fraction of sp³-hybridized carbons (Fsp3) is 0.500. The summed E-state index contributed by atoms with van der Waals surface area (Å²) in [4.78, 5) is 11.5. The van der Waals surface area contributed by atoms with Crippen LogP contribution in [0.2, 0.25) is 0 Å². The summed E-state index contributed by atoms with van der Waals surface area (Å²) in [6, 6.07) is 0.382. The summed E-state index contributed by atoms with van der Waals surface area (Å²) in [6.45, 7) is 3.86. The second-order valence-electron chi connectivity index (χ2n) is 4.05. The van der Waals surface area contributed by atoms with Gasteiger partial charge in [0, 0.05) is 11.4 Å². The topological polar surface area (TPSA) is 72.5 Å². The van der Waals surface area contributed by atoms with Gasteiger partial charge in [0.15, 0.2) is 0 Å². The Labute approximate surface area is 105 Å². The quantitative estimate of drug-likeness (QED) is 0.825. The number of nitrogens with two attached hydrogens (primary N) is 1. The number of amides is 1. The van der Waals surface area contributed by atoms with E-state index in [1.165, 1.54) is 5.38 Å². The largest absolute Gasteiger partial charge is 0.320 e. The number of hydrogen-bond donors (Lipinski definition) is 2. The molecule has 1 unspecified atom stereocenters. The van der Waals surface area contributed by atoms with Crippen molar-refractivity contribution < 1.29 is 13.4 Å². The van der Waals surface area contributed by atoms with E-state index >= 15 is 0 Å². The molecule has 96 valence electrons. The molecule has 0 aliphatic rings. The van der Waals surface area contributed by atoms with Gasteiger partial charge in [0.2, 0.25) is 0 Å². The van der Waals surface area contributed by atoms with E-state index in [0.717, 1.165) is 17.4 Å². The average molecular weight is 278 g/mol. The maximum absolute atomic E-state index is 12.7. The number of halogens is 1. The molecule has 4 nitrogen and oxygen atoms in total. The first-order valence-corrected chi connectivity index (χ1v) is 7.21. The smallest absolute Gasteiger partial charge is 0.270 e. The van der Waals surface area contributed by atoms with Gasteiger partial charge >= 0.3 is 0 Å². The molecule has 0 saturated carbocycles. The first kappa shape index (κ1) is 14.3. The van der Waals surface area contributed by atoms with Crippen molar-refractivity contribution in [2.45, 2.75) is 30.5 Å². The van der Waals surface area contributed by atoms with Crippen molar-refractivity contribution in [3.05, 3.63) is 17.3 Å². The lowest BCUT2D eigenvalue weighted by molar-refractivity contribution is -0.119. The van der Waals surface area contributed by atoms with Crippen LogP contribution >= 0.6 is 11.3 Å². The highest BCUT2D eigenvalue weighted by Gasteiger charge is 2.14. The molecule has 1 aromatic rings. The lowest BCUT2D eigenvalue weighted by Gasteiger charge is -2.08. The maximum atomic E-state index is 12.7. The minimum atomic E-state index is -2.23. The lowest BCUT2D eigenvalue weighted by Crippen LogP contribution is -2.30. The van der Waals surface area contributed by atoms with Gasteiger partial charge in [-0.15, -0.1) is 11.3 Å². The standard InChI is InChI=1S/C10H15FN2O2S2/c1-6(2)3-8(12)10(14)13-17(15)9-4-7(11)5-16-9/h4-6,8,17H,3,12H2,1-2H3/t8-/m0/s1. The van der Waals surface area contributed by atoms with E-state index in [-0.39, 0.29) is 10.1 Å². The van der Waals surface area contributed by atoms with Gasteiger partial charge in [-0.25, -0.2) is 8.60 Å². The second-order valence-corrected chi connectivity index (χ2v) is 6.49. The molecule has 17 heavy (non-hydrogen) atoms. The molecule has 0 bridgehead atoms. The Morgan fingerprint density at radius 3 is 2.76 bits per heavy atom. The monoisotopic (exact) mass is 278 g/mol. The predicted molar refractivity (Wildman–Crippen MR) is 66.9 cm³/mol. The number of thiol groups is 1. The van der Waals surface area contributed by atoms with E-state index in [1.807, 2.05) is 13.8 Å². The molecule has 1 rings (SSSR count). The highest BCUT2D eigenvalue weighted by molar-refractivity contribution is 7.78. The van der Waals surface area contributed by atoms with Crippen molar-refractivity contribution in [3.63, 3.8) is 0 Å². The Bertz CT molecular complexity index is 478. The molecule has 7 heteroatoms. The van der Waals surface area contributed by atoms with Crippen LogP contribution in [0.4, 0.5) is 4.39 Å². The van der Waals surface area contributed by atoms with Crippen LogP contribution in [0.1, 0.15) is 20.3 Å². The summed E-state index contributed by atoms with van der Waals surface area (Å²) < 4.78 is 28.0. The molecule has 1 amide bonds. The number of carbonyl (C=O) groups excluding carboxylic acids is 1. The van der Waals surface area contributed by atoms with Crippen molar-refractivity contribution in [1.29, 1.82) is 0 Å². The van der Waals surface area contributed by atoms with E-state index < -0.39 is 28.4 Å². The molecule has 0 aromatic carbocycles. The van der Waals surface area contributed by atoms with Gasteiger partial charge in [-0.2, -0.15) is 4.36 Å². The van der Waals surface area contributed by atoms with Gasteiger partial charge in [-0.3, -0.25) is 4.79 Å². The van der Waals surface area contributed by atoms with Crippen LogP contribution in [0.15, 0.2) is 20.0 Å². The summed E-state index contributed by atoms with van der Waals surface area (Å²) in [5.41, 5.74) is 5.61. The Morgan fingerprint density at radius 2 is 2.29 bits per heavy atom. The third-order valence-corrected chi connectivity index (χ3v) is 4.35. The van der Waals surface area contributed by atoms with Gasteiger partial charge in [0.25, 0.3) is 5.91 Å². The van der Waals surface area contributed by atoms with Crippen LogP contribution in [0.3, 0.4) is 0 Å². The second kappa shape index (κ2) is 6.23. The molecular formula is C10H15FN2O2S2. The van der Waals surface area contributed by atoms with Crippen molar-refractivity contribution in [2.75, 3.05) is 0 Å².